The van der Waals surface area contributed by atoms with Gasteiger partial charge in [-0.1, -0.05) is 159 Å². The third-order valence-electron chi connectivity index (χ3n) is 11.6. The molecule has 0 atom stereocenters. The minimum Gasteiger partial charge on any atom is -0.310 e. The maximum absolute atomic E-state index is 2.42. The lowest BCUT2D eigenvalue weighted by Gasteiger charge is -2.29. The molecule has 0 saturated carbocycles. The van der Waals surface area contributed by atoms with Crippen LogP contribution in [-0.4, -0.2) is 0 Å². The second kappa shape index (κ2) is 14.2. The van der Waals surface area contributed by atoms with E-state index in [0.717, 1.165) is 34.1 Å². The van der Waals surface area contributed by atoms with Crippen LogP contribution in [0.15, 0.2) is 218 Å². The molecular formula is C55H42N2. The highest BCUT2D eigenvalue weighted by Gasteiger charge is 2.37. The molecule has 9 aromatic rings. The summed E-state index contributed by atoms with van der Waals surface area (Å²) in [6, 6.07) is 79.3. The summed E-state index contributed by atoms with van der Waals surface area (Å²) < 4.78 is 0. The number of para-hydroxylation sites is 1. The van der Waals surface area contributed by atoms with Crippen LogP contribution in [0.5, 0.6) is 0 Å². The molecule has 0 aromatic heterocycles. The molecule has 2 nitrogen and oxygen atoms in total. The van der Waals surface area contributed by atoms with Crippen LogP contribution < -0.4 is 9.80 Å². The van der Waals surface area contributed by atoms with Crippen molar-refractivity contribution < 1.29 is 0 Å². The number of fused-ring (bicyclic) bond motifs is 4. The summed E-state index contributed by atoms with van der Waals surface area (Å²) in [4.78, 5) is 4.78. The molecule has 272 valence electrons. The molecule has 0 heterocycles. The van der Waals surface area contributed by atoms with Crippen molar-refractivity contribution in [2.45, 2.75) is 19.3 Å². The molecule has 0 amide bonds. The first-order valence-electron chi connectivity index (χ1n) is 19.8. The van der Waals surface area contributed by atoms with Gasteiger partial charge < -0.3 is 9.80 Å². The minimum atomic E-state index is -0.234. The van der Waals surface area contributed by atoms with Crippen molar-refractivity contribution in [2.24, 2.45) is 0 Å². The van der Waals surface area contributed by atoms with Crippen LogP contribution in [0, 0.1) is 0 Å². The van der Waals surface area contributed by atoms with Crippen molar-refractivity contribution in [1.29, 1.82) is 0 Å². The highest BCUT2D eigenvalue weighted by molar-refractivity contribution is 5.92. The Morgan fingerprint density at radius 1 is 0.281 bits per heavy atom. The number of anilines is 6. The van der Waals surface area contributed by atoms with E-state index < -0.39 is 0 Å². The Morgan fingerprint density at radius 2 is 0.632 bits per heavy atom. The number of rotatable bonds is 8. The minimum absolute atomic E-state index is 0.234. The van der Waals surface area contributed by atoms with Crippen molar-refractivity contribution in [3.05, 3.63) is 230 Å². The molecule has 0 saturated heterocycles. The monoisotopic (exact) mass is 730 g/mol. The predicted molar refractivity (Wildman–Crippen MR) is 242 cm³/mol. The highest BCUT2D eigenvalue weighted by atomic mass is 15.1. The molecule has 2 heteroatoms. The SMILES string of the molecule is CC1(C)c2cc(N(c3ccc(-c4ccccc4)cc3)c3ccc(-c4ccccc4)cc3)ccc2-c2ccc(N(c3ccccc3)c3ccc4ccccc4c3)cc21. The normalized spacial score (nSPS) is 12.5. The van der Waals surface area contributed by atoms with Gasteiger partial charge in [-0.25, -0.2) is 0 Å². The van der Waals surface area contributed by atoms with Gasteiger partial charge in [0.05, 0.1) is 0 Å². The van der Waals surface area contributed by atoms with Crippen LogP contribution in [-0.2, 0) is 5.41 Å². The zero-order chi connectivity index (χ0) is 38.3. The van der Waals surface area contributed by atoms with E-state index in [2.05, 4.69) is 242 Å². The number of hydrogen-bond acceptors (Lipinski definition) is 2. The first-order valence-corrected chi connectivity index (χ1v) is 19.8. The van der Waals surface area contributed by atoms with E-state index in [4.69, 9.17) is 0 Å². The van der Waals surface area contributed by atoms with E-state index in [1.54, 1.807) is 0 Å². The average Bonchev–Trinajstić information content (AvgIpc) is 3.50. The molecule has 9 aromatic carbocycles. The summed E-state index contributed by atoms with van der Waals surface area (Å²) >= 11 is 0. The fourth-order valence-electron chi connectivity index (χ4n) is 8.65. The van der Waals surface area contributed by atoms with E-state index in [-0.39, 0.29) is 5.41 Å². The molecule has 0 spiro atoms. The molecule has 0 N–H and O–H groups in total. The summed E-state index contributed by atoms with van der Waals surface area (Å²) in [6.07, 6.45) is 0. The van der Waals surface area contributed by atoms with E-state index >= 15 is 0 Å². The molecule has 57 heavy (non-hydrogen) atoms. The van der Waals surface area contributed by atoms with Crippen LogP contribution in [0.1, 0.15) is 25.0 Å². The van der Waals surface area contributed by atoms with Gasteiger partial charge in [-0.2, -0.15) is 0 Å². The lowest BCUT2D eigenvalue weighted by molar-refractivity contribution is 0.660. The van der Waals surface area contributed by atoms with Gasteiger partial charge >= 0.3 is 0 Å². The number of benzene rings is 9. The van der Waals surface area contributed by atoms with Crippen LogP contribution in [0.4, 0.5) is 34.1 Å². The Kier molecular flexibility index (Phi) is 8.53. The van der Waals surface area contributed by atoms with Crippen molar-refractivity contribution >= 4 is 44.9 Å². The molecule has 1 aliphatic rings. The van der Waals surface area contributed by atoms with Crippen LogP contribution in [0.3, 0.4) is 0 Å². The summed E-state index contributed by atoms with van der Waals surface area (Å²) in [6.45, 7) is 4.75. The van der Waals surface area contributed by atoms with E-state index in [0.29, 0.717) is 0 Å². The van der Waals surface area contributed by atoms with Gasteiger partial charge in [0, 0.05) is 39.5 Å². The molecule has 0 radical (unpaired) electrons. The van der Waals surface area contributed by atoms with Gasteiger partial charge in [-0.3, -0.25) is 0 Å². The molecule has 0 aliphatic heterocycles. The number of hydrogen-bond donors (Lipinski definition) is 0. The average molecular weight is 731 g/mol. The third kappa shape index (κ3) is 6.26. The Hall–Kier alpha value is -7.16. The van der Waals surface area contributed by atoms with Gasteiger partial charge in [0.15, 0.2) is 0 Å². The van der Waals surface area contributed by atoms with Crippen LogP contribution in [0.2, 0.25) is 0 Å². The Bertz CT molecular complexity index is 2760. The molecule has 0 bridgehead atoms. The topological polar surface area (TPSA) is 6.48 Å². The van der Waals surface area contributed by atoms with Crippen molar-refractivity contribution in [3.8, 4) is 33.4 Å². The van der Waals surface area contributed by atoms with Crippen LogP contribution >= 0.6 is 0 Å². The lowest BCUT2D eigenvalue weighted by Crippen LogP contribution is -2.17. The summed E-state index contributed by atoms with van der Waals surface area (Å²) in [5.74, 6) is 0. The fourth-order valence-corrected chi connectivity index (χ4v) is 8.65. The summed E-state index contributed by atoms with van der Waals surface area (Å²) in [7, 11) is 0. The second-order valence-corrected chi connectivity index (χ2v) is 15.4. The fraction of sp³-hybridized carbons (Fsp3) is 0.0545. The van der Waals surface area contributed by atoms with E-state index in [1.165, 1.54) is 55.3 Å². The van der Waals surface area contributed by atoms with Crippen molar-refractivity contribution in [2.75, 3.05) is 9.80 Å². The summed E-state index contributed by atoms with van der Waals surface area (Å²) in [5, 5.41) is 2.47. The highest BCUT2D eigenvalue weighted by Crippen LogP contribution is 2.52. The van der Waals surface area contributed by atoms with Gasteiger partial charge in [-0.05, 0) is 128 Å². The molecule has 10 rings (SSSR count). The van der Waals surface area contributed by atoms with E-state index in [1.807, 2.05) is 0 Å². The Morgan fingerprint density at radius 3 is 1.14 bits per heavy atom. The standard InChI is InChI=1S/C55H42N2/c1-55(2)53-37-49(56(46-27-22-42(23-28-46)39-14-6-3-7-15-39)47-29-24-43(25-30-47)40-16-8-4-9-17-40)32-34-51(53)52-35-33-50(38-54(52)55)57(45-20-10-5-11-21-45)48-31-26-41-18-12-13-19-44(41)36-48/h3-38H,1-2H3. The zero-order valence-corrected chi connectivity index (χ0v) is 32.2. The van der Waals surface area contributed by atoms with Gasteiger partial charge in [0.2, 0.25) is 0 Å². The molecule has 1 aliphatic carbocycles. The van der Waals surface area contributed by atoms with Gasteiger partial charge in [-0.15, -0.1) is 0 Å². The second-order valence-electron chi connectivity index (χ2n) is 15.4. The maximum Gasteiger partial charge on any atom is 0.0468 e. The Labute approximate surface area is 335 Å². The van der Waals surface area contributed by atoms with Crippen LogP contribution in [0.25, 0.3) is 44.2 Å². The molecular weight excluding hydrogens is 689 g/mol. The first kappa shape index (κ1) is 34.3. The zero-order valence-electron chi connectivity index (χ0n) is 32.2. The van der Waals surface area contributed by atoms with Crippen molar-refractivity contribution in [1.82, 2.24) is 0 Å². The predicted octanol–water partition coefficient (Wildman–Crippen LogP) is 15.4. The Balaban J connectivity index is 1.06. The van der Waals surface area contributed by atoms with Gasteiger partial charge in [0.1, 0.15) is 0 Å². The molecule has 0 unspecified atom stereocenters. The van der Waals surface area contributed by atoms with E-state index in [9.17, 15) is 0 Å². The maximum atomic E-state index is 2.42. The largest absolute Gasteiger partial charge is 0.310 e. The number of nitrogens with zero attached hydrogens (tertiary/aromatic N) is 2. The first-order chi connectivity index (χ1) is 28.0. The lowest BCUT2D eigenvalue weighted by atomic mass is 9.82. The van der Waals surface area contributed by atoms with Gasteiger partial charge in [0.25, 0.3) is 0 Å². The summed E-state index contributed by atoms with van der Waals surface area (Å²) in [5.41, 5.74) is 16.6. The smallest absolute Gasteiger partial charge is 0.0468 e. The molecule has 0 fully saturated rings. The quantitative estimate of drug-likeness (QED) is 0.154. The van der Waals surface area contributed by atoms with Crippen molar-refractivity contribution in [3.63, 3.8) is 0 Å². The third-order valence-corrected chi connectivity index (χ3v) is 11.6.